The third kappa shape index (κ3) is 2.65. The Morgan fingerprint density at radius 1 is 1.50 bits per heavy atom. The first-order chi connectivity index (χ1) is 8.61. The van der Waals surface area contributed by atoms with Crippen LogP contribution in [0.3, 0.4) is 0 Å². The van der Waals surface area contributed by atoms with E-state index >= 15 is 0 Å². The normalized spacial score (nSPS) is 11.6. The Morgan fingerprint density at radius 3 is 2.83 bits per heavy atom. The van der Waals surface area contributed by atoms with Crippen molar-refractivity contribution in [3.63, 3.8) is 0 Å². The summed E-state index contributed by atoms with van der Waals surface area (Å²) in [4.78, 5) is 0. The summed E-state index contributed by atoms with van der Waals surface area (Å²) in [6.07, 6.45) is 0. The molecule has 0 aliphatic heterocycles. The van der Waals surface area contributed by atoms with E-state index in [9.17, 15) is 0 Å². The van der Waals surface area contributed by atoms with Crippen molar-refractivity contribution in [1.82, 2.24) is 10.3 Å². The molecule has 0 radical (unpaired) electrons. The van der Waals surface area contributed by atoms with Gasteiger partial charge in [-0.2, -0.15) is 0 Å². The summed E-state index contributed by atoms with van der Waals surface area (Å²) in [5.74, 6) is 0.163. The molecule has 1 aromatic carbocycles. The number of anilines is 1. The van der Waals surface area contributed by atoms with E-state index in [4.69, 9.17) is 16.8 Å². The molecule has 8 heteroatoms. The molecule has 2 N–H and O–H groups in total. The van der Waals surface area contributed by atoms with Crippen LogP contribution in [0.15, 0.2) is 28.0 Å². The van der Waals surface area contributed by atoms with Gasteiger partial charge in [-0.15, -0.1) is 0 Å². The first kappa shape index (κ1) is 12.9. The summed E-state index contributed by atoms with van der Waals surface area (Å²) in [5.41, 5.74) is 2.02. The van der Waals surface area contributed by atoms with Crippen molar-refractivity contribution in [1.29, 1.82) is 0 Å². The Bertz CT molecular complexity index is 599. The summed E-state index contributed by atoms with van der Waals surface area (Å²) in [6.45, 7) is 1.90. The molecule has 0 bridgehead atoms. The van der Waals surface area contributed by atoms with Crippen LogP contribution in [0.5, 0.6) is 0 Å². The number of nitrogens with one attached hydrogen (secondary N) is 1. The van der Waals surface area contributed by atoms with Gasteiger partial charge < -0.3 is 0 Å². The quantitative estimate of drug-likeness (QED) is 0.276. The molecule has 0 aliphatic carbocycles. The standard InChI is InChI=1S/C10H10AsClN4O2/c1-5-2-3-6(4-7(5)12)13-10(14-17)8-9(11)16-18-15-8/h2-4,17H,11H2,1H3,(H,13,14). The molecule has 0 saturated heterocycles. The molecule has 2 aromatic rings. The second kappa shape index (κ2) is 5.42. The monoisotopic (exact) mass is 328 g/mol. The minimum atomic E-state index is 0.163. The summed E-state index contributed by atoms with van der Waals surface area (Å²) in [7, 11) is 0. The van der Waals surface area contributed by atoms with Crippen LogP contribution in [-0.4, -0.2) is 38.2 Å². The summed E-state index contributed by atoms with van der Waals surface area (Å²) in [5, 5.41) is 23.0. The van der Waals surface area contributed by atoms with Crippen molar-refractivity contribution in [2.45, 2.75) is 6.92 Å². The third-order valence-electron chi connectivity index (χ3n) is 2.27. The fraction of sp³-hybridized carbons (Fsp3) is 0.100. The van der Waals surface area contributed by atoms with Crippen LogP contribution in [0.2, 0.25) is 5.02 Å². The molecule has 0 saturated carbocycles. The number of halogens is 1. The van der Waals surface area contributed by atoms with Crippen molar-refractivity contribution in [3.05, 3.63) is 34.5 Å². The van der Waals surface area contributed by atoms with E-state index in [0.717, 1.165) is 5.56 Å². The Hall–Kier alpha value is -1.52. The topological polar surface area (TPSA) is 83.5 Å². The fourth-order valence-electron chi connectivity index (χ4n) is 1.30. The number of hydrogen-bond donors (Lipinski definition) is 2. The summed E-state index contributed by atoms with van der Waals surface area (Å²) >= 11 is 7.23. The van der Waals surface area contributed by atoms with Crippen LogP contribution in [0.4, 0.5) is 5.69 Å². The van der Waals surface area contributed by atoms with Crippen LogP contribution in [0.25, 0.3) is 0 Å². The predicted molar refractivity (Wildman–Crippen MR) is 70.6 cm³/mol. The van der Waals surface area contributed by atoms with Gasteiger partial charge in [-0.1, -0.05) is 0 Å². The average molecular weight is 329 g/mol. The number of aromatic nitrogens is 2. The van der Waals surface area contributed by atoms with E-state index in [0.29, 0.717) is 20.9 Å². The van der Waals surface area contributed by atoms with E-state index in [2.05, 4.69) is 25.4 Å². The number of rotatable bonds is 2. The second-order valence-corrected chi connectivity index (χ2v) is 5.09. The SMILES string of the molecule is Cc1ccc(N/C(=N/O)c2nonc2[AsH2])cc1Cl. The van der Waals surface area contributed by atoms with Crippen molar-refractivity contribution < 1.29 is 9.84 Å². The van der Waals surface area contributed by atoms with E-state index < -0.39 is 0 Å². The van der Waals surface area contributed by atoms with Gasteiger partial charge in [0.1, 0.15) is 0 Å². The van der Waals surface area contributed by atoms with Gasteiger partial charge in [-0.3, -0.25) is 0 Å². The molecular weight excluding hydrogens is 319 g/mol. The zero-order valence-electron chi connectivity index (χ0n) is 9.38. The van der Waals surface area contributed by atoms with Crippen LogP contribution in [-0.2, 0) is 0 Å². The van der Waals surface area contributed by atoms with Crippen molar-refractivity contribution in [2.75, 3.05) is 5.32 Å². The van der Waals surface area contributed by atoms with Gasteiger partial charge >= 0.3 is 116 Å². The van der Waals surface area contributed by atoms with Gasteiger partial charge in [-0.25, -0.2) is 0 Å². The van der Waals surface area contributed by atoms with Gasteiger partial charge in [0, 0.05) is 0 Å². The Balaban J connectivity index is 2.27. The van der Waals surface area contributed by atoms with Crippen LogP contribution in [0, 0.1) is 6.92 Å². The molecule has 0 fully saturated rings. The molecule has 6 nitrogen and oxygen atoms in total. The maximum atomic E-state index is 9.00. The average Bonchev–Trinajstić information content (AvgIpc) is 2.77. The summed E-state index contributed by atoms with van der Waals surface area (Å²) in [6, 6.07) is 5.41. The maximum absolute atomic E-state index is 9.00. The molecule has 94 valence electrons. The molecule has 1 aromatic heterocycles. The fourth-order valence-corrected chi connectivity index (χ4v) is 1.98. The molecule has 0 aliphatic rings. The molecular formula is C10H10AsClN4O2. The van der Waals surface area contributed by atoms with Crippen LogP contribution < -0.4 is 9.80 Å². The van der Waals surface area contributed by atoms with E-state index in [1.54, 1.807) is 6.07 Å². The molecule has 1 unspecified atom stereocenters. The van der Waals surface area contributed by atoms with Gasteiger partial charge in [0.2, 0.25) is 0 Å². The Labute approximate surface area is 116 Å². The zero-order valence-corrected chi connectivity index (χ0v) is 12.6. The van der Waals surface area contributed by atoms with E-state index in [1.165, 1.54) is 16.9 Å². The molecule has 2 rings (SSSR count). The number of aryl methyl sites for hydroxylation is 1. The number of benzene rings is 1. The van der Waals surface area contributed by atoms with Gasteiger partial charge in [-0.05, 0) is 0 Å². The van der Waals surface area contributed by atoms with Crippen molar-refractivity contribution in [3.8, 4) is 0 Å². The third-order valence-corrected chi connectivity index (χ3v) is 3.47. The second-order valence-electron chi connectivity index (χ2n) is 3.54. The number of oxime groups is 1. The zero-order chi connectivity index (χ0) is 13.1. The molecule has 0 amide bonds. The van der Waals surface area contributed by atoms with Crippen molar-refractivity contribution in [2.24, 2.45) is 5.16 Å². The summed E-state index contributed by atoms with van der Waals surface area (Å²) < 4.78 is 5.15. The van der Waals surface area contributed by atoms with Crippen molar-refractivity contribution >= 4 is 44.5 Å². The van der Waals surface area contributed by atoms with Gasteiger partial charge in [0.05, 0.1) is 0 Å². The van der Waals surface area contributed by atoms with Gasteiger partial charge in [0.15, 0.2) is 0 Å². The Kier molecular flexibility index (Phi) is 3.89. The van der Waals surface area contributed by atoms with Gasteiger partial charge in [0.25, 0.3) is 0 Å². The predicted octanol–water partition coefficient (Wildman–Crippen LogP) is 0.538. The van der Waals surface area contributed by atoms with E-state index in [1.807, 2.05) is 19.1 Å². The molecule has 0 spiro atoms. The molecule has 1 heterocycles. The number of hydrogen-bond acceptors (Lipinski definition) is 5. The van der Waals surface area contributed by atoms with Crippen LogP contribution in [0.1, 0.15) is 11.3 Å². The molecule has 18 heavy (non-hydrogen) atoms. The minimum absolute atomic E-state index is 0.163. The number of nitrogens with zero attached hydrogens (tertiary/aromatic N) is 3. The van der Waals surface area contributed by atoms with E-state index in [-0.39, 0.29) is 5.84 Å². The first-order valence-electron chi connectivity index (χ1n) is 4.95. The first-order valence-corrected chi connectivity index (χ1v) is 6.54. The Morgan fingerprint density at radius 2 is 2.28 bits per heavy atom. The number of amidine groups is 1. The van der Waals surface area contributed by atoms with Crippen LogP contribution >= 0.6 is 11.6 Å². The molecule has 1 atom stereocenters.